The fourth-order valence-corrected chi connectivity index (χ4v) is 2.72. The maximum absolute atomic E-state index is 12.3. The van der Waals surface area contributed by atoms with Gasteiger partial charge in [0.2, 0.25) is 0 Å². The van der Waals surface area contributed by atoms with E-state index in [9.17, 15) is 4.79 Å². The second-order valence-corrected chi connectivity index (χ2v) is 5.81. The predicted octanol–water partition coefficient (Wildman–Crippen LogP) is 2.72. The molecule has 0 N–H and O–H groups in total. The third-order valence-corrected chi connectivity index (χ3v) is 4.14. The number of anilines is 1. The minimum absolute atomic E-state index is 0.0540. The van der Waals surface area contributed by atoms with Crippen molar-refractivity contribution in [1.29, 1.82) is 0 Å². The van der Waals surface area contributed by atoms with Crippen LogP contribution in [0.4, 0.5) is 5.69 Å². The maximum atomic E-state index is 12.3. The first-order valence-electron chi connectivity index (χ1n) is 7.99. The molecule has 0 saturated carbocycles. The standard InChI is InChI=1S/C19H22N2O2/c1-16-7-9-18(10-8-16)23-15-19(22)21-13-11-20(12-14-21)17-5-3-2-4-6-17/h2-10H,11-15H2,1H3. The summed E-state index contributed by atoms with van der Waals surface area (Å²) in [4.78, 5) is 16.5. The molecule has 0 aliphatic carbocycles. The third-order valence-electron chi connectivity index (χ3n) is 4.14. The average molecular weight is 310 g/mol. The van der Waals surface area contributed by atoms with Gasteiger partial charge in [0.05, 0.1) is 0 Å². The van der Waals surface area contributed by atoms with Crippen LogP contribution in [0.1, 0.15) is 5.56 Å². The van der Waals surface area contributed by atoms with Gasteiger partial charge in [-0.25, -0.2) is 0 Å². The number of hydrogen-bond acceptors (Lipinski definition) is 3. The lowest BCUT2D eigenvalue weighted by molar-refractivity contribution is -0.133. The number of aryl methyl sites for hydroxylation is 1. The zero-order chi connectivity index (χ0) is 16.1. The molecule has 120 valence electrons. The van der Waals surface area contributed by atoms with Gasteiger partial charge in [0.15, 0.2) is 6.61 Å². The highest BCUT2D eigenvalue weighted by molar-refractivity contribution is 5.78. The Morgan fingerprint density at radius 1 is 0.957 bits per heavy atom. The van der Waals surface area contributed by atoms with E-state index in [1.165, 1.54) is 11.3 Å². The van der Waals surface area contributed by atoms with Crippen molar-refractivity contribution in [2.75, 3.05) is 37.7 Å². The zero-order valence-corrected chi connectivity index (χ0v) is 13.4. The summed E-state index contributed by atoms with van der Waals surface area (Å²) >= 11 is 0. The van der Waals surface area contributed by atoms with Crippen LogP contribution in [0, 0.1) is 6.92 Å². The molecule has 2 aromatic carbocycles. The molecule has 1 aliphatic heterocycles. The molecule has 1 heterocycles. The van der Waals surface area contributed by atoms with Crippen LogP contribution in [-0.4, -0.2) is 43.6 Å². The molecule has 1 fully saturated rings. The van der Waals surface area contributed by atoms with Crippen LogP contribution >= 0.6 is 0 Å². The van der Waals surface area contributed by atoms with Gasteiger partial charge in [0.1, 0.15) is 5.75 Å². The maximum Gasteiger partial charge on any atom is 0.260 e. The SMILES string of the molecule is Cc1ccc(OCC(=O)N2CCN(c3ccccc3)CC2)cc1. The number of ether oxygens (including phenoxy) is 1. The second-order valence-electron chi connectivity index (χ2n) is 5.81. The van der Waals surface area contributed by atoms with Crippen LogP contribution in [0.15, 0.2) is 54.6 Å². The largest absolute Gasteiger partial charge is 0.484 e. The molecule has 1 aliphatic rings. The number of nitrogens with zero attached hydrogens (tertiary/aromatic N) is 2. The Kier molecular flexibility index (Phi) is 4.81. The van der Waals surface area contributed by atoms with Crippen LogP contribution < -0.4 is 9.64 Å². The van der Waals surface area contributed by atoms with Crippen LogP contribution in [-0.2, 0) is 4.79 Å². The monoisotopic (exact) mass is 310 g/mol. The van der Waals surface area contributed by atoms with Gasteiger partial charge in [-0.2, -0.15) is 0 Å². The summed E-state index contributed by atoms with van der Waals surface area (Å²) in [6.45, 7) is 5.34. The molecule has 0 radical (unpaired) electrons. The molecule has 4 heteroatoms. The van der Waals surface area contributed by atoms with Crippen LogP contribution in [0.25, 0.3) is 0 Å². The normalized spacial score (nSPS) is 14.7. The van der Waals surface area contributed by atoms with Gasteiger partial charge in [0.25, 0.3) is 5.91 Å². The van der Waals surface area contributed by atoms with Crippen molar-refractivity contribution in [3.05, 3.63) is 60.2 Å². The molecule has 0 unspecified atom stereocenters. The molecule has 23 heavy (non-hydrogen) atoms. The topological polar surface area (TPSA) is 32.8 Å². The Morgan fingerprint density at radius 3 is 2.26 bits per heavy atom. The fraction of sp³-hybridized carbons (Fsp3) is 0.316. The fourth-order valence-electron chi connectivity index (χ4n) is 2.72. The minimum Gasteiger partial charge on any atom is -0.484 e. The molecular formula is C19H22N2O2. The van der Waals surface area contributed by atoms with E-state index in [1.54, 1.807) is 0 Å². The first-order chi connectivity index (χ1) is 11.2. The van der Waals surface area contributed by atoms with Gasteiger partial charge in [-0.15, -0.1) is 0 Å². The first kappa shape index (κ1) is 15.4. The van der Waals surface area contributed by atoms with Gasteiger partial charge in [0, 0.05) is 31.9 Å². The Hall–Kier alpha value is -2.49. The first-order valence-corrected chi connectivity index (χ1v) is 7.99. The highest BCUT2D eigenvalue weighted by Gasteiger charge is 2.21. The van der Waals surface area contributed by atoms with Gasteiger partial charge in [-0.3, -0.25) is 4.79 Å². The van der Waals surface area contributed by atoms with Crippen molar-refractivity contribution in [3.63, 3.8) is 0 Å². The Balaban J connectivity index is 1.47. The van der Waals surface area contributed by atoms with E-state index in [4.69, 9.17) is 4.74 Å². The Labute approximate surface area is 137 Å². The number of carbonyl (C=O) groups is 1. The molecule has 0 atom stereocenters. The van der Waals surface area contributed by atoms with Crippen LogP contribution in [0.5, 0.6) is 5.75 Å². The van der Waals surface area contributed by atoms with Crippen molar-refractivity contribution in [2.24, 2.45) is 0 Å². The van der Waals surface area contributed by atoms with Crippen LogP contribution in [0.3, 0.4) is 0 Å². The van der Waals surface area contributed by atoms with E-state index in [0.717, 1.165) is 31.9 Å². The third kappa shape index (κ3) is 4.03. The van der Waals surface area contributed by atoms with E-state index in [2.05, 4.69) is 17.0 Å². The Morgan fingerprint density at radius 2 is 1.61 bits per heavy atom. The zero-order valence-electron chi connectivity index (χ0n) is 13.4. The van der Waals surface area contributed by atoms with Crippen molar-refractivity contribution in [2.45, 2.75) is 6.92 Å². The minimum atomic E-state index is 0.0540. The molecule has 0 bridgehead atoms. The van der Waals surface area contributed by atoms with Crippen molar-refractivity contribution in [1.82, 2.24) is 4.90 Å². The predicted molar refractivity (Wildman–Crippen MR) is 91.9 cm³/mol. The quantitative estimate of drug-likeness (QED) is 0.870. The molecule has 0 aromatic heterocycles. The lowest BCUT2D eigenvalue weighted by Crippen LogP contribution is -2.50. The van der Waals surface area contributed by atoms with Gasteiger partial charge >= 0.3 is 0 Å². The highest BCUT2D eigenvalue weighted by Crippen LogP contribution is 2.16. The molecular weight excluding hydrogens is 288 g/mol. The molecule has 1 saturated heterocycles. The summed E-state index contributed by atoms with van der Waals surface area (Å²) in [5.41, 5.74) is 2.40. The van der Waals surface area contributed by atoms with Gasteiger partial charge in [-0.1, -0.05) is 35.9 Å². The van der Waals surface area contributed by atoms with Gasteiger partial charge in [-0.05, 0) is 31.2 Å². The highest BCUT2D eigenvalue weighted by atomic mass is 16.5. The number of benzene rings is 2. The van der Waals surface area contributed by atoms with Crippen molar-refractivity contribution in [3.8, 4) is 5.75 Å². The number of carbonyl (C=O) groups excluding carboxylic acids is 1. The summed E-state index contributed by atoms with van der Waals surface area (Å²) in [7, 11) is 0. The lowest BCUT2D eigenvalue weighted by Gasteiger charge is -2.36. The summed E-state index contributed by atoms with van der Waals surface area (Å²) < 4.78 is 5.58. The second kappa shape index (κ2) is 7.18. The van der Waals surface area contributed by atoms with E-state index in [1.807, 2.05) is 54.3 Å². The summed E-state index contributed by atoms with van der Waals surface area (Å²) in [6, 6.07) is 18.1. The number of para-hydroxylation sites is 1. The van der Waals surface area contributed by atoms with E-state index in [-0.39, 0.29) is 12.5 Å². The summed E-state index contributed by atoms with van der Waals surface area (Å²) in [5, 5.41) is 0. The Bertz CT molecular complexity index is 632. The van der Waals surface area contributed by atoms with Crippen LogP contribution in [0.2, 0.25) is 0 Å². The van der Waals surface area contributed by atoms with E-state index >= 15 is 0 Å². The molecule has 2 aromatic rings. The van der Waals surface area contributed by atoms with Gasteiger partial charge < -0.3 is 14.5 Å². The van der Waals surface area contributed by atoms with Crippen molar-refractivity contribution < 1.29 is 9.53 Å². The summed E-state index contributed by atoms with van der Waals surface area (Å²) in [5.74, 6) is 0.796. The summed E-state index contributed by atoms with van der Waals surface area (Å²) in [6.07, 6.45) is 0. The molecule has 0 spiro atoms. The number of hydrogen-bond donors (Lipinski definition) is 0. The number of rotatable bonds is 4. The molecule has 3 rings (SSSR count). The van der Waals surface area contributed by atoms with E-state index in [0.29, 0.717) is 0 Å². The van der Waals surface area contributed by atoms with E-state index < -0.39 is 0 Å². The average Bonchev–Trinajstić information content (AvgIpc) is 2.62. The molecule has 4 nitrogen and oxygen atoms in total. The number of piperazine rings is 1. The molecule has 1 amide bonds. The lowest BCUT2D eigenvalue weighted by atomic mass is 10.2. The number of amides is 1. The smallest absolute Gasteiger partial charge is 0.260 e. The van der Waals surface area contributed by atoms with Crippen molar-refractivity contribution >= 4 is 11.6 Å².